The molecule has 3 heteroatoms. The maximum absolute atomic E-state index is 4.56. The lowest BCUT2D eigenvalue weighted by atomic mass is 10.9. The Morgan fingerprint density at radius 1 is 1.71 bits per heavy atom. The minimum absolute atomic E-state index is 0.913. The molecule has 0 aliphatic carbocycles. The first-order valence-electron chi connectivity index (χ1n) is 1.94. The molecule has 0 aromatic carbocycles. The monoisotopic (exact) mass is 115 g/mol. The smallest absolute Gasteiger partial charge is 0.128 e. The van der Waals surface area contributed by atoms with Crippen LogP contribution in [0.25, 0.3) is 0 Å². The van der Waals surface area contributed by atoms with Gasteiger partial charge in [-0.15, -0.1) is 11.8 Å². The van der Waals surface area contributed by atoms with E-state index in [1.807, 2.05) is 5.41 Å². The molecule has 0 aromatic heterocycles. The van der Waals surface area contributed by atoms with Crippen LogP contribution in [-0.4, -0.2) is 12.0 Å². The number of hydrogen-bond donors (Lipinski definition) is 0. The molecule has 1 aliphatic rings. The van der Waals surface area contributed by atoms with Gasteiger partial charge in [-0.3, -0.25) is 0 Å². The number of thioether (sulfide) groups is 1. The maximum Gasteiger partial charge on any atom is 0.128 e. The highest BCUT2D eigenvalue weighted by Crippen LogP contribution is 2.02. The summed E-state index contributed by atoms with van der Waals surface area (Å²) in [5, 5.41) is 5.41. The van der Waals surface area contributed by atoms with Gasteiger partial charge in [-0.1, -0.05) is 5.16 Å². The normalized spacial score (nSPS) is 18.3. The van der Waals surface area contributed by atoms with Gasteiger partial charge in [0, 0.05) is 11.2 Å². The largest absolute Gasteiger partial charge is 0.365 e. The van der Waals surface area contributed by atoms with Crippen LogP contribution in [0.3, 0.4) is 0 Å². The minimum Gasteiger partial charge on any atom is -0.365 e. The Morgan fingerprint density at radius 3 is 3.71 bits per heavy atom. The number of hydrogen-bond acceptors (Lipinski definition) is 3. The van der Waals surface area contributed by atoms with E-state index in [2.05, 4.69) is 9.99 Å². The fourth-order valence-electron chi connectivity index (χ4n) is 0.271. The third-order valence-electron chi connectivity index (χ3n) is 0.519. The topological polar surface area (TPSA) is 21.6 Å². The summed E-state index contributed by atoms with van der Waals surface area (Å²) in [4.78, 5) is 4.56. The minimum atomic E-state index is 0.913. The molecule has 1 rings (SSSR count). The zero-order valence-corrected chi connectivity index (χ0v) is 4.52. The summed E-state index contributed by atoms with van der Waals surface area (Å²) in [5.41, 5.74) is 0. The quantitative estimate of drug-likeness (QED) is 0.473. The zero-order chi connectivity index (χ0) is 4.95. The van der Waals surface area contributed by atoms with Gasteiger partial charge < -0.3 is 4.84 Å². The molecule has 0 radical (unpaired) electrons. The lowest BCUT2D eigenvalue weighted by Crippen LogP contribution is -1.72. The molecule has 0 amide bonds. The highest BCUT2D eigenvalue weighted by Gasteiger charge is 1.81. The van der Waals surface area contributed by atoms with Crippen molar-refractivity contribution in [2.45, 2.75) is 0 Å². The summed E-state index contributed by atoms with van der Waals surface area (Å²) in [6, 6.07) is 0. The van der Waals surface area contributed by atoms with Crippen LogP contribution in [0.4, 0.5) is 0 Å². The van der Waals surface area contributed by atoms with E-state index in [1.54, 1.807) is 24.2 Å². The lowest BCUT2D eigenvalue weighted by Gasteiger charge is -1.77. The second-order valence-electron chi connectivity index (χ2n) is 0.999. The summed E-state index contributed by atoms with van der Waals surface area (Å²) in [5.74, 6) is 0.913. The predicted molar refractivity (Wildman–Crippen MR) is 31.2 cm³/mol. The van der Waals surface area contributed by atoms with E-state index in [9.17, 15) is 0 Å². The summed E-state index contributed by atoms with van der Waals surface area (Å²) >= 11 is 1.66. The van der Waals surface area contributed by atoms with E-state index in [4.69, 9.17) is 0 Å². The van der Waals surface area contributed by atoms with Crippen LogP contribution in [0.2, 0.25) is 0 Å². The first-order chi connectivity index (χ1) is 3.50. The molecule has 2 nitrogen and oxygen atoms in total. The van der Waals surface area contributed by atoms with Crippen molar-refractivity contribution in [3.8, 4) is 0 Å². The Labute approximate surface area is 46.2 Å². The average Bonchev–Trinajstić information content (AvgIpc) is 1.90. The first-order valence-corrected chi connectivity index (χ1v) is 2.99. The second-order valence-corrected chi connectivity index (χ2v) is 1.94. The molecule has 0 fully saturated rings. The zero-order valence-electron chi connectivity index (χ0n) is 3.70. The molecule has 0 bridgehead atoms. The molecule has 7 heavy (non-hydrogen) atoms. The molecule has 38 valence electrons. The number of oxime groups is 1. The number of nitrogens with zero attached hydrogens (tertiary/aromatic N) is 1. The van der Waals surface area contributed by atoms with Crippen LogP contribution >= 0.6 is 11.8 Å². The van der Waals surface area contributed by atoms with Crippen molar-refractivity contribution in [3.63, 3.8) is 0 Å². The highest BCUT2D eigenvalue weighted by atomic mass is 32.2. The SMILES string of the molecule is C1=CSCC=NO1. The molecule has 0 aromatic rings. The Bertz CT molecular complexity index is 87.9. The van der Waals surface area contributed by atoms with Gasteiger partial charge in [0.15, 0.2) is 0 Å². The molecule has 0 unspecified atom stereocenters. The molecule has 0 N–H and O–H groups in total. The molecular weight excluding hydrogens is 110 g/mol. The van der Waals surface area contributed by atoms with Gasteiger partial charge >= 0.3 is 0 Å². The van der Waals surface area contributed by atoms with Gasteiger partial charge in [0.25, 0.3) is 0 Å². The molecule has 0 saturated heterocycles. The molecular formula is C4H5NOS. The van der Waals surface area contributed by atoms with Gasteiger partial charge in [-0.05, 0) is 0 Å². The van der Waals surface area contributed by atoms with E-state index in [1.165, 1.54) is 0 Å². The molecule has 1 heterocycles. The average molecular weight is 115 g/mol. The van der Waals surface area contributed by atoms with Crippen LogP contribution in [0, 0.1) is 0 Å². The lowest BCUT2D eigenvalue weighted by molar-refractivity contribution is 0.271. The fourth-order valence-corrected chi connectivity index (χ4v) is 0.658. The maximum atomic E-state index is 4.56. The molecule has 1 aliphatic heterocycles. The Hall–Kier alpha value is -0.440. The Balaban J connectivity index is 2.38. The van der Waals surface area contributed by atoms with E-state index in [0.29, 0.717) is 0 Å². The van der Waals surface area contributed by atoms with Crippen molar-refractivity contribution in [3.05, 3.63) is 11.7 Å². The van der Waals surface area contributed by atoms with Crippen LogP contribution < -0.4 is 0 Å². The van der Waals surface area contributed by atoms with E-state index in [0.717, 1.165) is 5.75 Å². The third kappa shape index (κ3) is 1.64. The van der Waals surface area contributed by atoms with E-state index < -0.39 is 0 Å². The summed E-state index contributed by atoms with van der Waals surface area (Å²) in [6.45, 7) is 0. The Morgan fingerprint density at radius 2 is 2.71 bits per heavy atom. The fraction of sp³-hybridized carbons (Fsp3) is 0.250. The molecule has 0 saturated carbocycles. The Kier molecular flexibility index (Phi) is 1.81. The van der Waals surface area contributed by atoms with Gasteiger partial charge in [0.05, 0.1) is 6.21 Å². The first kappa shape index (κ1) is 4.71. The highest BCUT2D eigenvalue weighted by molar-refractivity contribution is 8.02. The number of rotatable bonds is 0. The predicted octanol–water partition coefficient (Wildman–Crippen LogP) is 1.21. The summed E-state index contributed by atoms with van der Waals surface area (Å²) in [6.07, 6.45) is 3.29. The van der Waals surface area contributed by atoms with Gasteiger partial charge in [0.1, 0.15) is 6.26 Å². The van der Waals surface area contributed by atoms with Crippen LogP contribution in [0.15, 0.2) is 16.8 Å². The summed E-state index contributed by atoms with van der Waals surface area (Å²) < 4.78 is 0. The standard InChI is InChI=1S/C4H5NOS/c1-3-7-4-2-6-5-1/h1-2,4H,3H2. The van der Waals surface area contributed by atoms with Crippen LogP contribution in [-0.2, 0) is 4.84 Å². The summed E-state index contributed by atoms with van der Waals surface area (Å²) in [7, 11) is 0. The van der Waals surface area contributed by atoms with Crippen molar-refractivity contribution in [2.24, 2.45) is 5.16 Å². The van der Waals surface area contributed by atoms with E-state index >= 15 is 0 Å². The van der Waals surface area contributed by atoms with Gasteiger partial charge in [-0.2, -0.15) is 0 Å². The van der Waals surface area contributed by atoms with Crippen molar-refractivity contribution < 1.29 is 4.84 Å². The second kappa shape index (κ2) is 2.69. The van der Waals surface area contributed by atoms with Crippen molar-refractivity contribution in [1.82, 2.24) is 0 Å². The van der Waals surface area contributed by atoms with E-state index in [-0.39, 0.29) is 0 Å². The van der Waals surface area contributed by atoms with Gasteiger partial charge in [0.2, 0.25) is 0 Å². The molecule has 0 spiro atoms. The van der Waals surface area contributed by atoms with Crippen molar-refractivity contribution in [1.29, 1.82) is 0 Å². The third-order valence-corrected chi connectivity index (χ3v) is 1.16. The van der Waals surface area contributed by atoms with Crippen molar-refractivity contribution in [2.75, 3.05) is 5.75 Å². The van der Waals surface area contributed by atoms with Gasteiger partial charge in [-0.25, -0.2) is 0 Å². The molecule has 0 atom stereocenters. The van der Waals surface area contributed by atoms with Crippen LogP contribution in [0.5, 0.6) is 0 Å². The van der Waals surface area contributed by atoms with Crippen molar-refractivity contribution >= 4 is 18.0 Å². The van der Waals surface area contributed by atoms with Crippen LogP contribution in [0.1, 0.15) is 0 Å².